The highest BCUT2D eigenvalue weighted by Crippen LogP contribution is 2.27. The molecule has 1 saturated heterocycles. The van der Waals surface area contributed by atoms with Gasteiger partial charge in [0.05, 0.1) is 6.54 Å². The van der Waals surface area contributed by atoms with E-state index in [9.17, 15) is 14.0 Å². The van der Waals surface area contributed by atoms with Gasteiger partial charge in [0.25, 0.3) is 5.91 Å². The quantitative estimate of drug-likeness (QED) is 0.765. The van der Waals surface area contributed by atoms with Gasteiger partial charge in [0, 0.05) is 17.8 Å². The number of nitrogens with zero attached hydrogens (tertiary/aromatic N) is 1. The highest BCUT2D eigenvalue weighted by molar-refractivity contribution is 6.06. The number of carbonyl (C=O) groups excluding carboxylic acids is 2. The predicted octanol–water partition coefficient (Wildman–Crippen LogP) is 0.526. The molecule has 1 fully saturated rings. The van der Waals surface area contributed by atoms with Gasteiger partial charge in [0.15, 0.2) is 0 Å². The maximum atomic E-state index is 13.8. The van der Waals surface area contributed by atoms with Gasteiger partial charge in [0.2, 0.25) is 5.91 Å². The number of piperazine rings is 1. The average Bonchev–Trinajstić information content (AvgIpc) is 2.34. The van der Waals surface area contributed by atoms with E-state index in [4.69, 9.17) is 5.73 Å². The Kier molecular flexibility index (Phi) is 3.28. The van der Waals surface area contributed by atoms with Crippen molar-refractivity contribution in [2.45, 2.75) is 25.9 Å². The summed E-state index contributed by atoms with van der Waals surface area (Å²) >= 11 is 0. The van der Waals surface area contributed by atoms with Crippen LogP contribution in [0.15, 0.2) is 18.2 Å². The van der Waals surface area contributed by atoms with E-state index in [1.54, 1.807) is 30.9 Å². The summed E-state index contributed by atoms with van der Waals surface area (Å²) in [4.78, 5) is 24.9. The molecule has 0 bridgehead atoms. The lowest BCUT2D eigenvalue weighted by molar-refractivity contribution is -0.135. The molecule has 1 aromatic carbocycles. The molecule has 3 N–H and O–H groups in total. The molecule has 19 heavy (non-hydrogen) atoms. The van der Waals surface area contributed by atoms with Gasteiger partial charge in [-0.05, 0) is 26.0 Å². The minimum Gasteiger partial charge on any atom is -0.348 e. The second-order valence-corrected chi connectivity index (χ2v) is 5.00. The lowest BCUT2D eigenvalue weighted by Crippen LogP contribution is -2.64. The van der Waals surface area contributed by atoms with Crippen LogP contribution in [-0.4, -0.2) is 23.9 Å². The molecule has 0 unspecified atom stereocenters. The van der Waals surface area contributed by atoms with E-state index >= 15 is 0 Å². The lowest BCUT2D eigenvalue weighted by atomic mass is 9.97. The Bertz CT molecular complexity index is 543. The number of hydrogen-bond donors (Lipinski definition) is 2. The first-order chi connectivity index (χ1) is 8.86. The number of hydrogen-bond acceptors (Lipinski definition) is 4. The van der Waals surface area contributed by atoms with Gasteiger partial charge in [-0.3, -0.25) is 14.9 Å². The summed E-state index contributed by atoms with van der Waals surface area (Å²) in [5, 5.41) is 2.27. The monoisotopic (exact) mass is 265 g/mol. The van der Waals surface area contributed by atoms with Crippen molar-refractivity contribution in [1.82, 2.24) is 5.32 Å². The van der Waals surface area contributed by atoms with Crippen LogP contribution >= 0.6 is 0 Å². The molecular formula is C13H16FN3O2. The average molecular weight is 265 g/mol. The molecule has 0 saturated carbocycles. The van der Waals surface area contributed by atoms with Crippen LogP contribution in [0.5, 0.6) is 0 Å². The number of nitrogens with two attached hydrogens (primary N) is 1. The molecular weight excluding hydrogens is 249 g/mol. The number of imide groups is 1. The van der Waals surface area contributed by atoms with Crippen molar-refractivity contribution in [2.24, 2.45) is 5.73 Å². The van der Waals surface area contributed by atoms with Gasteiger partial charge >= 0.3 is 0 Å². The van der Waals surface area contributed by atoms with E-state index in [-0.39, 0.29) is 13.1 Å². The third-order valence-corrected chi connectivity index (χ3v) is 3.35. The fraction of sp³-hybridized carbons (Fsp3) is 0.385. The van der Waals surface area contributed by atoms with E-state index in [0.717, 1.165) is 0 Å². The first-order valence-corrected chi connectivity index (χ1v) is 5.96. The van der Waals surface area contributed by atoms with Crippen molar-refractivity contribution < 1.29 is 14.0 Å². The van der Waals surface area contributed by atoms with Crippen LogP contribution in [0, 0.1) is 5.82 Å². The van der Waals surface area contributed by atoms with Gasteiger partial charge in [-0.1, -0.05) is 6.07 Å². The minimum absolute atomic E-state index is 0.0140. The van der Waals surface area contributed by atoms with Crippen LogP contribution in [0.3, 0.4) is 0 Å². The number of benzene rings is 1. The number of rotatable bonds is 2. The normalized spacial score (nSPS) is 18.4. The van der Waals surface area contributed by atoms with Gasteiger partial charge in [-0.2, -0.15) is 0 Å². The Morgan fingerprint density at radius 2 is 2.11 bits per heavy atom. The van der Waals surface area contributed by atoms with E-state index in [1.165, 1.54) is 6.07 Å². The Morgan fingerprint density at radius 3 is 2.68 bits per heavy atom. The van der Waals surface area contributed by atoms with E-state index in [1.807, 2.05) is 0 Å². The number of amides is 2. The van der Waals surface area contributed by atoms with Gasteiger partial charge in [-0.15, -0.1) is 0 Å². The van der Waals surface area contributed by atoms with Crippen LogP contribution in [0.1, 0.15) is 19.4 Å². The van der Waals surface area contributed by atoms with Gasteiger partial charge in [0.1, 0.15) is 11.4 Å². The van der Waals surface area contributed by atoms with E-state index in [2.05, 4.69) is 5.32 Å². The summed E-state index contributed by atoms with van der Waals surface area (Å²) in [5.74, 6) is -1.23. The molecule has 102 valence electrons. The summed E-state index contributed by atoms with van der Waals surface area (Å²) in [6, 6.07) is 4.53. The molecule has 6 heteroatoms. The summed E-state index contributed by atoms with van der Waals surface area (Å²) < 4.78 is 13.8. The zero-order valence-corrected chi connectivity index (χ0v) is 10.9. The fourth-order valence-corrected chi connectivity index (χ4v) is 2.07. The molecule has 2 rings (SSSR count). The molecule has 1 aliphatic rings. The Morgan fingerprint density at radius 1 is 1.42 bits per heavy atom. The standard InChI is InChI=1S/C13H16FN3O2/c1-13(2)12(19)16-11(18)7-17(13)9-4-3-8(6-15)10(14)5-9/h3-5H,6-7,15H2,1-2H3,(H,16,18,19). The van der Waals surface area contributed by atoms with Gasteiger partial charge in [-0.25, -0.2) is 4.39 Å². The second kappa shape index (κ2) is 4.62. The topological polar surface area (TPSA) is 75.4 Å². The Labute approximate surface area is 110 Å². The SMILES string of the molecule is CC1(C)C(=O)NC(=O)CN1c1ccc(CN)c(F)c1. The summed E-state index contributed by atoms with van der Waals surface area (Å²) in [5.41, 5.74) is 5.38. The molecule has 0 aliphatic carbocycles. The van der Waals surface area contributed by atoms with Crippen molar-refractivity contribution in [3.05, 3.63) is 29.6 Å². The largest absolute Gasteiger partial charge is 0.348 e. The Balaban J connectivity index is 2.41. The van der Waals surface area contributed by atoms with Crippen molar-refractivity contribution >= 4 is 17.5 Å². The van der Waals surface area contributed by atoms with Gasteiger partial charge < -0.3 is 10.6 Å². The first-order valence-electron chi connectivity index (χ1n) is 5.96. The van der Waals surface area contributed by atoms with Crippen LogP contribution in [0.4, 0.5) is 10.1 Å². The number of nitrogens with one attached hydrogen (secondary N) is 1. The molecule has 0 aromatic heterocycles. The van der Waals surface area contributed by atoms with Crippen LogP contribution < -0.4 is 16.0 Å². The lowest BCUT2D eigenvalue weighted by Gasteiger charge is -2.41. The zero-order valence-electron chi connectivity index (χ0n) is 10.9. The molecule has 0 radical (unpaired) electrons. The third-order valence-electron chi connectivity index (χ3n) is 3.35. The molecule has 2 amide bonds. The predicted molar refractivity (Wildman–Crippen MR) is 68.9 cm³/mol. The van der Waals surface area contributed by atoms with Crippen molar-refractivity contribution in [2.75, 3.05) is 11.4 Å². The molecule has 1 aliphatic heterocycles. The van der Waals surface area contributed by atoms with Crippen molar-refractivity contribution in [1.29, 1.82) is 0 Å². The van der Waals surface area contributed by atoms with Crippen molar-refractivity contribution in [3.8, 4) is 0 Å². The highest BCUT2D eigenvalue weighted by atomic mass is 19.1. The Hall–Kier alpha value is -1.95. The zero-order chi connectivity index (χ0) is 14.2. The smallest absolute Gasteiger partial charge is 0.251 e. The van der Waals surface area contributed by atoms with Crippen LogP contribution in [0.2, 0.25) is 0 Å². The minimum atomic E-state index is -0.912. The molecule has 0 spiro atoms. The third kappa shape index (κ3) is 2.31. The molecule has 0 atom stereocenters. The number of halogens is 1. The first kappa shape index (κ1) is 13.5. The molecule has 5 nitrogen and oxygen atoms in total. The number of anilines is 1. The fourth-order valence-electron chi connectivity index (χ4n) is 2.07. The van der Waals surface area contributed by atoms with Crippen LogP contribution in [0.25, 0.3) is 0 Å². The van der Waals surface area contributed by atoms with E-state index < -0.39 is 23.2 Å². The maximum Gasteiger partial charge on any atom is 0.251 e. The highest BCUT2D eigenvalue weighted by Gasteiger charge is 2.41. The molecule has 1 heterocycles. The maximum absolute atomic E-state index is 13.8. The summed E-state index contributed by atoms with van der Waals surface area (Å²) in [6.45, 7) is 3.49. The number of carbonyl (C=O) groups is 2. The van der Waals surface area contributed by atoms with E-state index in [0.29, 0.717) is 11.3 Å². The van der Waals surface area contributed by atoms with Crippen LogP contribution in [-0.2, 0) is 16.1 Å². The van der Waals surface area contributed by atoms with Crippen molar-refractivity contribution in [3.63, 3.8) is 0 Å². The second-order valence-electron chi connectivity index (χ2n) is 5.00. The summed E-state index contributed by atoms with van der Waals surface area (Å²) in [6.07, 6.45) is 0. The molecule has 1 aromatic rings. The summed E-state index contributed by atoms with van der Waals surface area (Å²) in [7, 11) is 0.